The highest BCUT2D eigenvalue weighted by Gasteiger charge is 2.13. The Morgan fingerprint density at radius 1 is 0.800 bits per heavy atom. The average molecular weight is 325 g/mol. The Balaban J connectivity index is 1.83. The molecule has 0 spiro atoms. The van der Waals surface area contributed by atoms with Crippen molar-refractivity contribution in [2.24, 2.45) is 12.0 Å². The van der Waals surface area contributed by atoms with Crippen molar-refractivity contribution in [2.45, 2.75) is 0 Å². The largest absolute Gasteiger partial charge is 0.341 e. The summed E-state index contributed by atoms with van der Waals surface area (Å²) in [6.45, 7) is 0. The monoisotopic (exact) mass is 325 g/mol. The maximum Gasteiger partial charge on any atom is 0.120 e. The standard InChI is InChI=1S/C22H19N3/c1-25-21-15-9-8-14-19(21)20(16-23-17-10-4-2-5-11-17)22(25)24-18-12-6-3-7-13-18/h2-16,24H,1H3. The summed E-state index contributed by atoms with van der Waals surface area (Å²) in [6, 6.07) is 28.6. The van der Waals surface area contributed by atoms with Gasteiger partial charge in [-0.25, -0.2) is 0 Å². The van der Waals surface area contributed by atoms with Crippen molar-refractivity contribution >= 4 is 34.3 Å². The molecule has 0 aliphatic carbocycles. The number of anilines is 2. The molecule has 1 N–H and O–H groups in total. The molecule has 0 saturated heterocycles. The van der Waals surface area contributed by atoms with E-state index in [0.717, 1.165) is 22.8 Å². The Morgan fingerprint density at radius 3 is 2.20 bits per heavy atom. The van der Waals surface area contributed by atoms with Crippen molar-refractivity contribution in [3.63, 3.8) is 0 Å². The molecule has 0 radical (unpaired) electrons. The van der Waals surface area contributed by atoms with Gasteiger partial charge in [0.2, 0.25) is 0 Å². The summed E-state index contributed by atoms with van der Waals surface area (Å²) in [6.07, 6.45) is 1.95. The lowest BCUT2D eigenvalue weighted by molar-refractivity contribution is 0.976. The second-order valence-corrected chi connectivity index (χ2v) is 5.92. The first-order chi connectivity index (χ1) is 12.3. The SMILES string of the molecule is Cn1c(Nc2ccccc2)c(C=Nc2ccccc2)c2ccccc21. The molecule has 0 saturated carbocycles. The number of hydrogen-bond donors (Lipinski definition) is 1. The fraction of sp³-hybridized carbons (Fsp3) is 0.0455. The van der Waals surface area contributed by atoms with E-state index in [2.05, 4.69) is 58.3 Å². The Hall–Kier alpha value is -3.33. The number of nitrogens with zero attached hydrogens (tertiary/aromatic N) is 2. The van der Waals surface area contributed by atoms with Gasteiger partial charge in [0.25, 0.3) is 0 Å². The van der Waals surface area contributed by atoms with Crippen molar-refractivity contribution < 1.29 is 0 Å². The highest BCUT2D eigenvalue weighted by atomic mass is 15.1. The third kappa shape index (κ3) is 3.04. The summed E-state index contributed by atoms with van der Waals surface area (Å²) < 4.78 is 2.18. The van der Waals surface area contributed by atoms with Gasteiger partial charge in [-0.1, -0.05) is 54.6 Å². The molecule has 3 nitrogen and oxygen atoms in total. The first kappa shape index (κ1) is 15.2. The molecular weight excluding hydrogens is 306 g/mol. The number of rotatable bonds is 4. The van der Waals surface area contributed by atoms with Crippen LogP contribution in [0.3, 0.4) is 0 Å². The van der Waals surface area contributed by atoms with Gasteiger partial charge in [-0.3, -0.25) is 4.99 Å². The lowest BCUT2D eigenvalue weighted by Crippen LogP contribution is -2.00. The van der Waals surface area contributed by atoms with Gasteiger partial charge < -0.3 is 9.88 Å². The minimum atomic E-state index is 0.945. The molecule has 0 aliphatic heterocycles. The van der Waals surface area contributed by atoms with Crippen molar-refractivity contribution in [3.05, 3.63) is 90.5 Å². The number of hydrogen-bond acceptors (Lipinski definition) is 2. The number of aliphatic imine (C=N–C) groups is 1. The molecule has 0 aliphatic rings. The third-order valence-electron chi connectivity index (χ3n) is 4.28. The summed E-state index contributed by atoms with van der Waals surface area (Å²) in [5.41, 5.74) is 4.27. The van der Waals surface area contributed by atoms with Gasteiger partial charge in [0.1, 0.15) is 5.82 Å². The van der Waals surface area contributed by atoms with Gasteiger partial charge >= 0.3 is 0 Å². The van der Waals surface area contributed by atoms with Gasteiger partial charge in [0.05, 0.1) is 11.2 Å². The van der Waals surface area contributed by atoms with E-state index in [-0.39, 0.29) is 0 Å². The summed E-state index contributed by atoms with van der Waals surface area (Å²) in [5, 5.41) is 4.72. The van der Waals surface area contributed by atoms with Crippen LogP contribution in [0.4, 0.5) is 17.2 Å². The van der Waals surface area contributed by atoms with Gasteiger partial charge in [-0.05, 0) is 30.3 Å². The predicted octanol–water partition coefficient (Wildman–Crippen LogP) is 5.67. The van der Waals surface area contributed by atoms with Gasteiger partial charge in [-0.15, -0.1) is 0 Å². The molecule has 4 rings (SSSR count). The van der Waals surface area contributed by atoms with Crippen LogP contribution in [-0.4, -0.2) is 10.8 Å². The normalized spacial score (nSPS) is 11.2. The van der Waals surface area contributed by atoms with E-state index in [0.29, 0.717) is 0 Å². The van der Waals surface area contributed by atoms with Crippen LogP contribution in [-0.2, 0) is 7.05 Å². The van der Waals surface area contributed by atoms with Crippen LogP contribution in [0.1, 0.15) is 5.56 Å². The second-order valence-electron chi connectivity index (χ2n) is 5.92. The minimum Gasteiger partial charge on any atom is -0.341 e. The van der Waals surface area contributed by atoms with Gasteiger partial charge in [0.15, 0.2) is 0 Å². The Morgan fingerprint density at radius 2 is 1.44 bits per heavy atom. The highest BCUT2D eigenvalue weighted by molar-refractivity contribution is 6.06. The van der Waals surface area contributed by atoms with Crippen molar-refractivity contribution in [1.29, 1.82) is 0 Å². The highest BCUT2D eigenvalue weighted by Crippen LogP contribution is 2.30. The number of benzene rings is 3. The van der Waals surface area contributed by atoms with Crippen molar-refractivity contribution in [2.75, 3.05) is 5.32 Å². The second kappa shape index (κ2) is 6.65. The minimum absolute atomic E-state index is 0.945. The van der Waals surface area contributed by atoms with Gasteiger partial charge in [0, 0.05) is 29.9 Å². The van der Waals surface area contributed by atoms with Crippen LogP contribution in [0.2, 0.25) is 0 Å². The summed E-state index contributed by atoms with van der Waals surface area (Å²) in [5.74, 6) is 1.03. The first-order valence-electron chi connectivity index (χ1n) is 8.31. The van der Waals surface area contributed by atoms with Crippen LogP contribution >= 0.6 is 0 Å². The average Bonchev–Trinajstić information content (AvgIpc) is 2.94. The molecule has 1 aromatic heterocycles. The first-order valence-corrected chi connectivity index (χ1v) is 8.31. The molecule has 1 heterocycles. The zero-order chi connectivity index (χ0) is 17.1. The molecule has 0 amide bonds. The smallest absolute Gasteiger partial charge is 0.120 e. The summed E-state index contributed by atoms with van der Waals surface area (Å²) in [4.78, 5) is 4.66. The number of para-hydroxylation sites is 3. The molecule has 3 heteroatoms. The van der Waals surface area contributed by atoms with Crippen LogP contribution in [0.25, 0.3) is 10.9 Å². The Kier molecular flexibility index (Phi) is 4.05. The predicted molar refractivity (Wildman–Crippen MR) is 106 cm³/mol. The van der Waals surface area contributed by atoms with Crippen molar-refractivity contribution in [3.8, 4) is 0 Å². The Bertz CT molecular complexity index is 1020. The zero-order valence-electron chi connectivity index (χ0n) is 14.1. The molecule has 0 fully saturated rings. The number of fused-ring (bicyclic) bond motifs is 1. The van der Waals surface area contributed by atoms with E-state index in [4.69, 9.17) is 0 Å². The van der Waals surface area contributed by atoms with Crippen LogP contribution < -0.4 is 5.32 Å². The van der Waals surface area contributed by atoms with Crippen LogP contribution in [0, 0.1) is 0 Å². The molecule has 122 valence electrons. The third-order valence-corrected chi connectivity index (χ3v) is 4.28. The van der Waals surface area contributed by atoms with Crippen LogP contribution in [0.5, 0.6) is 0 Å². The fourth-order valence-corrected chi connectivity index (χ4v) is 3.02. The summed E-state index contributed by atoms with van der Waals surface area (Å²) >= 11 is 0. The molecule has 0 atom stereocenters. The molecular formula is C22H19N3. The van der Waals surface area contributed by atoms with E-state index in [9.17, 15) is 0 Å². The van der Waals surface area contributed by atoms with Crippen LogP contribution in [0.15, 0.2) is 89.9 Å². The van der Waals surface area contributed by atoms with E-state index in [1.807, 2.05) is 54.7 Å². The number of aryl methyl sites for hydroxylation is 1. The molecule has 25 heavy (non-hydrogen) atoms. The molecule has 3 aromatic carbocycles. The van der Waals surface area contributed by atoms with E-state index < -0.39 is 0 Å². The lowest BCUT2D eigenvalue weighted by atomic mass is 10.2. The maximum atomic E-state index is 4.66. The molecule has 0 bridgehead atoms. The number of aromatic nitrogens is 1. The number of nitrogens with one attached hydrogen (secondary N) is 1. The van der Waals surface area contributed by atoms with E-state index in [1.165, 1.54) is 10.9 Å². The van der Waals surface area contributed by atoms with Crippen molar-refractivity contribution in [1.82, 2.24) is 4.57 Å². The Labute approximate surface area is 147 Å². The molecule has 0 unspecified atom stereocenters. The van der Waals surface area contributed by atoms with Gasteiger partial charge in [-0.2, -0.15) is 0 Å². The zero-order valence-corrected chi connectivity index (χ0v) is 14.1. The van der Waals surface area contributed by atoms with E-state index in [1.54, 1.807) is 0 Å². The van der Waals surface area contributed by atoms with E-state index >= 15 is 0 Å². The lowest BCUT2D eigenvalue weighted by Gasteiger charge is -2.09. The maximum absolute atomic E-state index is 4.66. The quantitative estimate of drug-likeness (QED) is 0.481. The molecule has 4 aromatic rings. The topological polar surface area (TPSA) is 29.3 Å². The fourth-order valence-electron chi connectivity index (χ4n) is 3.02. The summed E-state index contributed by atoms with van der Waals surface area (Å²) in [7, 11) is 2.08.